The van der Waals surface area contributed by atoms with Crippen LogP contribution in [-0.4, -0.2) is 0 Å². The maximum absolute atomic E-state index is 1.85. The minimum Gasteiger partial charge on any atom is -0.0502 e. The van der Waals surface area contributed by atoms with Gasteiger partial charge in [-0.15, -0.1) is 0 Å². The number of hydrogen-bond acceptors (Lipinski definition) is 0. The smallest absolute Gasteiger partial charge is 0.0238 e. The van der Waals surface area contributed by atoms with Crippen LogP contribution >= 0.6 is 0 Å². The van der Waals surface area contributed by atoms with E-state index in [9.17, 15) is 0 Å². The molecule has 0 spiro atoms. The van der Waals surface area contributed by atoms with Crippen LogP contribution in [0.1, 0.15) is 32.1 Å². The highest BCUT2D eigenvalue weighted by Gasteiger charge is 2.31. The summed E-state index contributed by atoms with van der Waals surface area (Å²) in [5, 5.41) is 0. The maximum atomic E-state index is 1.85. The summed E-state index contributed by atoms with van der Waals surface area (Å²) in [6.45, 7) is 0. The van der Waals surface area contributed by atoms with Gasteiger partial charge in [-0.3, -0.25) is 0 Å². The molecule has 2 aliphatic rings. The van der Waals surface area contributed by atoms with Gasteiger partial charge in [0.05, 0.1) is 0 Å². The molecule has 2 saturated carbocycles. The first-order valence-electron chi connectivity index (χ1n) is 3.29. The van der Waals surface area contributed by atoms with Crippen molar-refractivity contribution in [2.24, 2.45) is 5.92 Å². The average molecular weight is 95.2 g/mol. The van der Waals surface area contributed by atoms with Gasteiger partial charge < -0.3 is 0 Å². The van der Waals surface area contributed by atoms with Crippen LogP contribution in [0.15, 0.2) is 0 Å². The molecule has 0 aromatic carbocycles. The Balaban J connectivity index is 1.69. The summed E-state index contributed by atoms with van der Waals surface area (Å²) in [5.74, 6) is 3.00. The fourth-order valence-electron chi connectivity index (χ4n) is 1.02. The van der Waals surface area contributed by atoms with Crippen molar-refractivity contribution in [1.29, 1.82) is 0 Å². The van der Waals surface area contributed by atoms with Gasteiger partial charge in [0.2, 0.25) is 0 Å². The predicted molar refractivity (Wildman–Crippen MR) is 29.8 cm³/mol. The molecule has 0 atom stereocenters. The highest BCUT2D eigenvalue weighted by atomic mass is 14.4. The zero-order valence-electron chi connectivity index (χ0n) is 4.61. The summed E-state index contributed by atoms with van der Waals surface area (Å²) in [6, 6.07) is 0. The molecule has 0 heteroatoms. The SMILES string of the molecule is C1C[C]1CC1CC1. The monoisotopic (exact) mass is 95.1 g/mol. The van der Waals surface area contributed by atoms with Crippen LogP contribution in [0, 0.1) is 11.8 Å². The molecule has 0 aromatic heterocycles. The third-order valence-corrected chi connectivity index (χ3v) is 1.88. The van der Waals surface area contributed by atoms with Crippen LogP contribution in [-0.2, 0) is 0 Å². The second-order valence-electron chi connectivity index (χ2n) is 2.90. The lowest BCUT2D eigenvalue weighted by atomic mass is 10.2. The molecule has 0 nitrogen and oxygen atoms in total. The van der Waals surface area contributed by atoms with Crippen molar-refractivity contribution in [2.75, 3.05) is 0 Å². The van der Waals surface area contributed by atoms with Crippen molar-refractivity contribution in [2.45, 2.75) is 32.1 Å². The van der Waals surface area contributed by atoms with Crippen LogP contribution in [0.3, 0.4) is 0 Å². The molecule has 0 heterocycles. The van der Waals surface area contributed by atoms with E-state index in [1.807, 2.05) is 5.92 Å². The molecule has 0 aromatic rings. The summed E-state index contributed by atoms with van der Waals surface area (Å²) in [6.07, 6.45) is 7.50. The molecule has 7 heavy (non-hydrogen) atoms. The highest BCUT2D eigenvalue weighted by molar-refractivity contribution is 5.07. The number of hydrogen-bond donors (Lipinski definition) is 0. The molecule has 2 aliphatic carbocycles. The van der Waals surface area contributed by atoms with Gasteiger partial charge in [0.25, 0.3) is 0 Å². The molecular formula is C7H11. The first-order valence-corrected chi connectivity index (χ1v) is 3.29. The molecule has 0 N–H and O–H groups in total. The van der Waals surface area contributed by atoms with Crippen LogP contribution in [0.25, 0.3) is 0 Å². The van der Waals surface area contributed by atoms with E-state index >= 15 is 0 Å². The molecule has 0 unspecified atom stereocenters. The molecule has 39 valence electrons. The topological polar surface area (TPSA) is 0 Å². The molecule has 0 aliphatic heterocycles. The molecule has 1 radical (unpaired) electrons. The Morgan fingerprint density at radius 1 is 1.29 bits per heavy atom. The fraction of sp³-hybridized carbons (Fsp3) is 0.857. The van der Waals surface area contributed by atoms with E-state index in [4.69, 9.17) is 0 Å². The van der Waals surface area contributed by atoms with Crippen LogP contribution < -0.4 is 0 Å². The van der Waals surface area contributed by atoms with E-state index in [-0.39, 0.29) is 0 Å². The van der Waals surface area contributed by atoms with Crippen molar-refractivity contribution in [3.05, 3.63) is 5.92 Å². The lowest BCUT2D eigenvalue weighted by Crippen LogP contribution is -1.73. The van der Waals surface area contributed by atoms with Crippen LogP contribution in [0.5, 0.6) is 0 Å². The van der Waals surface area contributed by atoms with Gasteiger partial charge in [-0.1, -0.05) is 12.8 Å². The van der Waals surface area contributed by atoms with Gasteiger partial charge in [0.15, 0.2) is 0 Å². The van der Waals surface area contributed by atoms with E-state index in [0.29, 0.717) is 0 Å². The quantitative estimate of drug-likeness (QED) is 0.493. The van der Waals surface area contributed by atoms with Crippen molar-refractivity contribution in [3.63, 3.8) is 0 Å². The third-order valence-electron chi connectivity index (χ3n) is 1.88. The van der Waals surface area contributed by atoms with Gasteiger partial charge in [-0.2, -0.15) is 0 Å². The Hall–Kier alpha value is 0. The first-order chi connectivity index (χ1) is 3.45. The van der Waals surface area contributed by atoms with E-state index in [2.05, 4.69) is 0 Å². The summed E-state index contributed by atoms with van der Waals surface area (Å²) in [5.41, 5.74) is 0. The Labute approximate surface area is 44.9 Å². The fourth-order valence-corrected chi connectivity index (χ4v) is 1.02. The van der Waals surface area contributed by atoms with Gasteiger partial charge >= 0.3 is 0 Å². The van der Waals surface area contributed by atoms with E-state index in [1.54, 1.807) is 0 Å². The van der Waals surface area contributed by atoms with Gasteiger partial charge in [0, 0.05) is 0 Å². The zero-order chi connectivity index (χ0) is 4.69. The largest absolute Gasteiger partial charge is 0.0502 e. The summed E-state index contributed by atoms with van der Waals surface area (Å²) in [7, 11) is 0. The molecule has 2 fully saturated rings. The van der Waals surface area contributed by atoms with Crippen molar-refractivity contribution in [3.8, 4) is 0 Å². The van der Waals surface area contributed by atoms with Crippen LogP contribution in [0.4, 0.5) is 0 Å². The second kappa shape index (κ2) is 1.24. The van der Waals surface area contributed by atoms with Crippen molar-refractivity contribution in [1.82, 2.24) is 0 Å². The molecular weight excluding hydrogens is 84.1 g/mol. The Bertz CT molecular complexity index is 58.1. The Kier molecular flexibility index (Phi) is 0.697. The maximum Gasteiger partial charge on any atom is -0.0238 e. The number of rotatable bonds is 2. The van der Waals surface area contributed by atoms with E-state index in [0.717, 1.165) is 5.92 Å². The predicted octanol–water partition coefficient (Wildman–Crippen LogP) is 2.15. The lowest BCUT2D eigenvalue weighted by Gasteiger charge is -1.85. The van der Waals surface area contributed by atoms with E-state index in [1.165, 1.54) is 32.1 Å². The average Bonchev–Trinajstić information content (AvgIpc) is 2.33. The van der Waals surface area contributed by atoms with Crippen molar-refractivity contribution < 1.29 is 0 Å². The van der Waals surface area contributed by atoms with Crippen molar-refractivity contribution >= 4 is 0 Å². The Morgan fingerprint density at radius 2 is 2.00 bits per heavy atom. The summed E-state index contributed by atoms with van der Waals surface area (Å²) >= 11 is 0. The normalized spacial score (nSPS) is 30.9. The summed E-state index contributed by atoms with van der Waals surface area (Å²) < 4.78 is 0. The van der Waals surface area contributed by atoms with Gasteiger partial charge in [-0.25, -0.2) is 0 Å². The van der Waals surface area contributed by atoms with E-state index < -0.39 is 0 Å². The first kappa shape index (κ1) is 3.94. The van der Waals surface area contributed by atoms with Gasteiger partial charge in [-0.05, 0) is 31.1 Å². The molecule has 2 rings (SSSR count). The third kappa shape index (κ3) is 0.960. The minimum absolute atomic E-state index is 1.15. The highest BCUT2D eigenvalue weighted by Crippen LogP contribution is 2.45. The molecule has 0 bridgehead atoms. The molecule has 0 amide bonds. The second-order valence-corrected chi connectivity index (χ2v) is 2.90. The molecule has 0 saturated heterocycles. The Morgan fingerprint density at radius 3 is 2.43 bits per heavy atom. The van der Waals surface area contributed by atoms with Gasteiger partial charge in [0.1, 0.15) is 0 Å². The standard InChI is InChI=1S/C7H11/c1-2-6(1)5-7-3-4-7/h6H,1-5H2. The summed E-state index contributed by atoms with van der Waals surface area (Å²) in [4.78, 5) is 0. The minimum atomic E-state index is 1.15. The lowest BCUT2D eigenvalue weighted by molar-refractivity contribution is 0.800. The zero-order valence-corrected chi connectivity index (χ0v) is 4.61. The van der Waals surface area contributed by atoms with Crippen LogP contribution in [0.2, 0.25) is 0 Å².